The molecule has 1 amide bonds. The molecule has 1 atom stereocenters. The number of carbonyl (C=O) groups excluding carboxylic acids is 1. The summed E-state index contributed by atoms with van der Waals surface area (Å²) in [4.78, 5) is 18.8. The lowest BCUT2D eigenvalue weighted by atomic mass is 10.2. The number of rotatable bonds is 6. The Kier molecular flexibility index (Phi) is 5.45. The largest absolute Gasteiger partial charge is 0.351 e. The second-order valence-corrected chi connectivity index (χ2v) is 8.13. The van der Waals surface area contributed by atoms with E-state index in [4.69, 9.17) is 0 Å². The van der Waals surface area contributed by atoms with E-state index in [-0.39, 0.29) is 5.91 Å². The van der Waals surface area contributed by atoms with Gasteiger partial charge in [-0.3, -0.25) is 14.3 Å². The van der Waals surface area contributed by atoms with Gasteiger partial charge in [-0.15, -0.1) is 0 Å². The fourth-order valence-corrected chi connectivity index (χ4v) is 4.72. The standard InChI is InChI=1S/C21H24N4OS/c1-24(18-10-11-27-14-18)13-21(26)22-12-16-6-8-17(9-7-16)25-15-23-19-4-2-3-5-20(19)25/h2-9,15,18H,10-14H2,1H3,(H,22,26)/t18-/m1/s1. The summed E-state index contributed by atoms with van der Waals surface area (Å²) in [7, 11) is 2.04. The molecule has 0 saturated carbocycles. The van der Waals surface area contributed by atoms with E-state index in [1.54, 1.807) is 0 Å². The molecule has 27 heavy (non-hydrogen) atoms. The normalized spacial score (nSPS) is 16.9. The van der Waals surface area contributed by atoms with Crippen LogP contribution in [0.3, 0.4) is 0 Å². The van der Waals surface area contributed by atoms with E-state index < -0.39 is 0 Å². The third-order valence-electron chi connectivity index (χ3n) is 5.08. The number of imidazole rings is 1. The molecule has 1 aromatic heterocycles. The SMILES string of the molecule is CN(CC(=O)NCc1ccc(-n2cnc3ccccc32)cc1)[C@@H]1CCSC1. The Morgan fingerprint density at radius 2 is 2.07 bits per heavy atom. The number of hydrogen-bond donors (Lipinski definition) is 1. The molecule has 0 spiro atoms. The first-order chi connectivity index (χ1) is 13.2. The van der Waals surface area contributed by atoms with Crippen LogP contribution in [0, 0.1) is 0 Å². The first-order valence-electron chi connectivity index (χ1n) is 9.27. The fourth-order valence-electron chi connectivity index (χ4n) is 3.42. The maximum absolute atomic E-state index is 12.2. The fraction of sp³-hybridized carbons (Fsp3) is 0.333. The van der Waals surface area contributed by atoms with Gasteiger partial charge in [-0.05, 0) is 49.1 Å². The average Bonchev–Trinajstić information content (AvgIpc) is 3.37. The number of benzene rings is 2. The number of nitrogens with zero attached hydrogens (tertiary/aromatic N) is 3. The topological polar surface area (TPSA) is 50.2 Å². The van der Waals surface area contributed by atoms with Crippen molar-refractivity contribution in [3.63, 3.8) is 0 Å². The van der Waals surface area contributed by atoms with Crippen LogP contribution in [-0.2, 0) is 11.3 Å². The third-order valence-corrected chi connectivity index (χ3v) is 6.22. The van der Waals surface area contributed by atoms with Gasteiger partial charge in [0, 0.05) is 24.0 Å². The molecule has 1 saturated heterocycles. The van der Waals surface area contributed by atoms with Gasteiger partial charge in [-0.1, -0.05) is 24.3 Å². The van der Waals surface area contributed by atoms with Crippen LogP contribution in [0.1, 0.15) is 12.0 Å². The number of aromatic nitrogens is 2. The third kappa shape index (κ3) is 4.17. The zero-order valence-electron chi connectivity index (χ0n) is 15.5. The molecule has 140 valence electrons. The molecular weight excluding hydrogens is 356 g/mol. The van der Waals surface area contributed by atoms with E-state index in [9.17, 15) is 4.79 Å². The Morgan fingerprint density at radius 1 is 1.26 bits per heavy atom. The van der Waals surface area contributed by atoms with Crippen molar-refractivity contribution >= 4 is 28.7 Å². The second-order valence-electron chi connectivity index (χ2n) is 6.98. The molecule has 5 nitrogen and oxygen atoms in total. The number of fused-ring (bicyclic) bond motifs is 1. The predicted molar refractivity (Wildman–Crippen MR) is 111 cm³/mol. The monoisotopic (exact) mass is 380 g/mol. The summed E-state index contributed by atoms with van der Waals surface area (Å²) in [6.07, 6.45) is 3.03. The number of amides is 1. The summed E-state index contributed by atoms with van der Waals surface area (Å²) in [5, 5.41) is 3.03. The van der Waals surface area contributed by atoms with E-state index in [2.05, 4.69) is 50.1 Å². The van der Waals surface area contributed by atoms with Crippen LogP contribution in [0.25, 0.3) is 16.7 Å². The molecule has 1 N–H and O–H groups in total. The van der Waals surface area contributed by atoms with Gasteiger partial charge in [0.25, 0.3) is 0 Å². The number of para-hydroxylation sites is 2. The van der Waals surface area contributed by atoms with Crippen LogP contribution >= 0.6 is 11.8 Å². The summed E-state index contributed by atoms with van der Waals surface area (Å²) in [5.41, 5.74) is 4.23. The van der Waals surface area contributed by atoms with E-state index in [1.807, 2.05) is 43.3 Å². The van der Waals surface area contributed by atoms with Gasteiger partial charge in [0.05, 0.1) is 17.6 Å². The lowest BCUT2D eigenvalue weighted by Crippen LogP contribution is -2.40. The minimum absolute atomic E-state index is 0.0825. The summed E-state index contributed by atoms with van der Waals surface area (Å²) >= 11 is 1.97. The van der Waals surface area contributed by atoms with Crippen molar-refractivity contribution in [1.29, 1.82) is 0 Å². The Hall–Kier alpha value is -2.31. The van der Waals surface area contributed by atoms with Crippen LogP contribution in [0.4, 0.5) is 0 Å². The van der Waals surface area contributed by atoms with Gasteiger partial charge in [-0.2, -0.15) is 11.8 Å². The Morgan fingerprint density at radius 3 is 2.85 bits per heavy atom. The zero-order valence-corrected chi connectivity index (χ0v) is 16.3. The maximum atomic E-state index is 12.2. The minimum Gasteiger partial charge on any atom is -0.351 e. The summed E-state index contributed by atoms with van der Waals surface area (Å²) in [6.45, 7) is 1.02. The van der Waals surface area contributed by atoms with E-state index >= 15 is 0 Å². The highest BCUT2D eigenvalue weighted by atomic mass is 32.2. The number of hydrogen-bond acceptors (Lipinski definition) is 4. The first kappa shape index (κ1) is 18.1. The predicted octanol–water partition coefficient (Wildman–Crippen LogP) is 3.08. The smallest absolute Gasteiger partial charge is 0.234 e. The number of likely N-dealkylation sites (N-methyl/N-ethyl adjacent to an activating group) is 1. The second kappa shape index (κ2) is 8.15. The quantitative estimate of drug-likeness (QED) is 0.714. The maximum Gasteiger partial charge on any atom is 0.234 e. The van der Waals surface area contributed by atoms with E-state index in [0.717, 1.165) is 28.0 Å². The molecule has 1 aliphatic rings. The first-order valence-corrected chi connectivity index (χ1v) is 10.4. The van der Waals surface area contributed by atoms with Gasteiger partial charge < -0.3 is 5.32 Å². The molecule has 6 heteroatoms. The van der Waals surface area contributed by atoms with Crippen molar-refractivity contribution in [2.75, 3.05) is 25.1 Å². The Bertz CT molecular complexity index is 915. The number of nitrogens with one attached hydrogen (secondary N) is 1. The van der Waals surface area contributed by atoms with Crippen LogP contribution in [-0.4, -0.2) is 51.5 Å². The molecule has 1 aliphatic heterocycles. The summed E-state index contributed by atoms with van der Waals surface area (Å²) < 4.78 is 2.08. The van der Waals surface area contributed by atoms with Crippen molar-refractivity contribution in [1.82, 2.24) is 19.8 Å². The van der Waals surface area contributed by atoms with Gasteiger partial charge in [0.1, 0.15) is 6.33 Å². The van der Waals surface area contributed by atoms with Gasteiger partial charge in [0.15, 0.2) is 0 Å². The van der Waals surface area contributed by atoms with Gasteiger partial charge >= 0.3 is 0 Å². The molecule has 2 heterocycles. The van der Waals surface area contributed by atoms with Crippen molar-refractivity contribution < 1.29 is 4.79 Å². The zero-order chi connectivity index (χ0) is 18.6. The Balaban J connectivity index is 1.34. The molecule has 0 bridgehead atoms. The van der Waals surface area contributed by atoms with Gasteiger partial charge in [0.2, 0.25) is 5.91 Å². The van der Waals surface area contributed by atoms with Crippen LogP contribution in [0.2, 0.25) is 0 Å². The van der Waals surface area contributed by atoms with Crippen molar-refractivity contribution in [2.24, 2.45) is 0 Å². The molecule has 1 fully saturated rings. The molecule has 3 aromatic rings. The molecule has 0 aliphatic carbocycles. The molecule has 4 rings (SSSR count). The summed E-state index contributed by atoms with van der Waals surface area (Å²) in [5.74, 6) is 2.42. The lowest BCUT2D eigenvalue weighted by molar-refractivity contribution is -0.122. The van der Waals surface area contributed by atoms with Gasteiger partial charge in [-0.25, -0.2) is 4.98 Å². The van der Waals surface area contributed by atoms with Crippen LogP contribution in [0.15, 0.2) is 54.9 Å². The van der Waals surface area contributed by atoms with Crippen molar-refractivity contribution in [2.45, 2.75) is 19.0 Å². The lowest BCUT2D eigenvalue weighted by Gasteiger charge is -2.22. The van der Waals surface area contributed by atoms with Crippen LogP contribution < -0.4 is 5.32 Å². The van der Waals surface area contributed by atoms with E-state index in [1.165, 1.54) is 12.2 Å². The highest BCUT2D eigenvalue weighted by Crippen LogP contribution is 2.21. The molecule has 2 aromatic carbocycles. The van der Waals surface area contributed by atoms with Crippen molar-refractivity contribution in [3.8, 4) is 5.69 Å². The molecule has 0 radical (unpaired) electrons. The molecular formula is C21H24N4OS. The highest BCUT2D eigenvalue weighted by molar-refractivity contribution is 7.99. The van der Waals surface area contributed by atoms with E-state index in [0.29, 0.717) is 19.1 Å². The minimum atomic E-state index is 0.0825. The average molecular weight is 381 g/mol. The number of carbonyl (C=O) groups is 1. The van der Waals surface area contributed by atoms with Crippen molar-refractivity contribution in [3.05, 3.63) is 60.4 Å². The highest BCUT2D eigenvalue weighted by Gasteiger charge is 2.21. The number of thioether (sulfide) groups is 1. The van der Waals surface area contributed by atoms with Crippen LogP contribution in [0.5, 0.6) is 0 Å². The molecule has 0 unspecified atom stereocenters. The summed E-state index contributed by atoms with van der Waals surface area (Å²) in [6, 6.07) is 16.9. The Labute approximate surface area is 163 Å².